The van der Waals surface area contributed by atoms with Gasteiger partial charge in [0.05, 0.1) is 16.7 Å². The van der Waals surface area contributed by atoms with Crippen LogP contribution in [-0.4, -0.2) is 17.5 Å². The number of pyridine rings is 1. The summed E-state index contributed by atoms with van der Waals surface area (Å²) in [5.41, 5.74) is 2.29. The highest BCUT2D eigenvalue weighted by atomic mass is 35.5. The predicted molar refractivity (Wildman–Crippen MR) is 124 cm³/mol. The van der Waals surface area contributed by atoms with E-state index in [1.807, 2.05) is 36.4 Å². The monoisotopic (exact) mass is 458 g/mol. The van der Waals surface area contributed by atoms with Crippen molar-refractivity contribution in [1.29, 1.82) is 0 Å². The van der Waals surface area contributed by atoms with Gasteiger partial charge in [0.15, 0.2) is 5.76 Å². The van der Waals surface area contributed by atoms with Crippen LogP contribution in [0.1, 0.15) is 11.1 Å². The van der Waals surface area contributed by atoms with Crippen molar-refractivity contribution in [3.63, 3.8) is 0 Å². The van der Waals surface area contributed by atoms with Gasteiger partial charge in [-0.25, -0.2) is 4.98 Å². The number of hydrogen-bond donors (Lipinski definition) is 1. The van der Waals surface area contributed by atoms with Gasteiger partial charge >= 0.3 is 0 Å². The van der Waals surface area contributed by atoms with Gasteiger partial charge in [0.1, 0.15) is 5.82 Å². The Morgan fingerprint density at radius 1 is 1.00 bits per heavy atom. The fraction of sp³-hybridized carbons (Fsp3) is 0.130. The zero-order chi connectivity index (χ0) is 21.3. The van der Waals surface area contributed by atoms with Gasteiger partial charge in [-0.3, -0.25) is 4.79 Å². The van der Waals surface area contributed by atoms with Crippen molar-refractivity contribution in [1.82, 2.24) is 4.98 Å². The fourth-order valence-corrected chi connectivity index (χ4v) is 4.40. The molecule has 30 heavy (non-hydrogen) atoms. The molecule has 0 aliphatic heterocycles. The number of anilines is 1. The Morgan fingerprint density at radius 3 is 2.40 bits per heavy atom. The van der Waals surface area contributed by atoms with Gasteiger partial charge in [0, 0.05) is 23.3 Å². The van der Waals surface area contributed by atoms with Gasteiger partial charge in [0.2, 0.25) is 0 Å². The Morgan fingerprint density at radius 2 is 1.70 bits per heavy atom. The topological polar surface area (TPSA) is 51.2 Å². The van der Waals surface area contributed by atoms with Gasteiger partial charge < -0.3 is 10.1 Å². The van der Waals surface area contributed by atoms with Gasteiger partial charge in [-0.05, 0) is 35.4 Å². The van der Waals surface area contributed by atoms with Crippen molar-refractivity contribution in [3.8, 4) is 0 Å². The van der Waals surface area contributed by atoms with E-state index in [1.54, 1.807) is 36.2 Å². The maximum Gasteiger partial charge on any atom is 0.291 e. The molecule has 1 N–H and O–H groups in total. The normalized spacial score (nSPS) is 10.5. The minimum atomic E-state index is -0.411. The van der Waals surface area contributed by atoms with Crippen LogP contribution in [-0.2, 0) is 21.7 Å². The summed E-state index contributed by atoms with van der Waals surface area (Å²) in [6, 6.07) is 18.8. The Balaban J connectivity index is 1.53. The summed E-state index contributed by atoms with van der Waals surface area (Å²) in [5.74, 6) is 0.815. The van der Waals surface area contributed by atoms with Crippen molar-refractivity contribution in [3.05, 3.63) is 100 Å². The second-order valence-corrected chi connectivity index (χ2v) is 8.10. The largest absolute Gasteiger partial charge is 0.488 e. The highest BCUT2D eigenvalue weighted by Gasteiger charge is 2.11. The molecule has 0 spiro atoms. The molecular weight excluding hydrogens is 439 g/mol. The van der Waals surface area contributed by atoms with Crippen LogP contribution in [0, 0.1) is 0 Å². The lowest BCUT2D eigenvalue weighted by Gasteiger charge is -2.12. The highest BCUT2D eigenvalue weighted by Crippen LogP contribution is 2.36. The van der Waals surface area contributed by atoms with Crippen LogP contribution in [0.2, 0.25) is 10.0 Å². The molecule has 3 rings (SSSR count). The molecule has 0 aliphatic carbocycles. The van der Waals surface area contributed by atoms with Crippen molar-refractivity contribution >= 4 is 46.7 Å². The van der Waals surface area contributed by atoms with Crippen LogP contribution in [0.25, 0.3) is 0 Å². The van der Waals surface area contributed by atoms with Crippen molar-refractivity contribution < 1.29 is 9.53 Å². The molecule has 0 bridgehead atoms. The maximum absolute atomic E-state index is 12.1. The van der Waals surface area contributed by atoms with E-state index >= 15 is 0 Å². The predicted octanol–water partition coefficient (Wildman–Crippen LogP) is 6.39. The van der Waals surface area contributed by atoms with E-state index < -0.39 is 5.91 Å². The zero-order valence-electron chi connectivity index (χ0n) is 16.1. The first-order valence-corrected chi connectivity index (χ1v) is 11.0. The van der Waals surface area contributed by atoms with Gasteiger partial charge in [0.25, 0.3) is 5.91 Å². The quantitative estimate of drug-likeness (QED) is 0.229. The second kappa shape index (κ2) is 11.1. The van der Waals surface area contributed by atoms with Crippen LogP contribution in [0.4, 0.5) is 5.82 Å². The smallest absolute Gasteiger partial charge is 0.291 e. The Labute approximate surface area is 190 Å². The van der Waals surface area contributed by atoms with Crippen LogP contribution >= 0.6 is 35.0 Å². The Kier molecular flexibility index (Phi) is 8.20. The number of benzene rings is 2. The molecule has 2 aromatic carbocycles. The number of halogens is 2. The summed E-state index contributed by atoms with van der Waals surface area (Å²) >= 11 is 14.1. The molecule has 0 fully saturated rings. The highest BCUT2D eigenvalue weighted by molar-refractivity contribution is 7.98. The number of nitrogens with zero attached hydrogens (tertiary/aromatic N) is 1. The average molecular weight is 459 g/mol. The molecule has 154 valence electrons. The van der Waals surface area contributed by atoms with Crippen LogP contribution in [0.5, 0.6) is 0 Å². The maximum atomic E-state index is 12.1. The van der Waals surface area contributed by atoms with Gasteiger partial charge in [-0.2, -0.15) is 0 Å². The number of nitrogens with one attached hydrogen (secondary N) is 1. The third kappa shape index (κ3) is 6.26. The summed E-state index contributed by atoms with van der Waals surface area (Å²) in [6.45, 7) is 4.04. The second-order valence-electron chi connectivity index (χ2n) is 6.30. The van der Waals surface area contributed by atoms with E-state index in [4.69, 9.17) is 27.9 Å². The molecule has 4 nitrogen and oxygen atoms in total. The molecule has 0 saturated heterocycles. The first-order chi connectivity index (χ1) is 14.5. The fourth-order valence-electron chi connectivity index (χ4n) is 2.68. The molecule has 0 saturated carbocycles. The van der Waals surface area contributed by atoms with Crippen molar-refractivity contribution in [2.75, 3.05) is 11.9 Å². The summed E-state index contributed by atoms with van der Waals surface area (Å²) in [4.78, 5) is 17.1. The molecule has 1 aromatic heterocycles. The number of hydrogen-bond acceptors (Lipinski definition) is 4. The van der Waals surface area contributed by atoms with E-state index in [0.29, 0.717) is 28.9 Å². The van der Waals surface area contributed by atoms with Crippen LogP contribution in [0.3, 0.4) is 0 Å². The third-order valence-electron chi connectivity index (χ3n) is 4.22. The molecule has 1 heterocycles. The molecule has 3 aromatic rings. The minimum Gasteiger partial charge on any atom is -0.488 e. The van der Waals surface area contributed by atoms with E-state index in [9.17, 15) is 4.79 Å². The average Bonchev–Trinajstić information content (AvgIpc) is 2.75. The van der Waals surface area contributed by atoms with Gasteiger partial charge in [-0.15, -0.1) is 11.8 Å². The molecule has 7 heteroatoms. The number of thioether (sulfide) groups is 1. The minimum absolute atomic E-state index is 0.0513. The summed E-state index contributed by atoms with van der Waals surface area (Å²) in [5, 5.41) is 3.93. The lowest BCUT2D eigenvalue weighted by atomic mass is 10.1. The number of carbonyl (C=O) groups is 1. The molecular formula is C23H20Cl2N2O2S. The summed E-state index contributed by atoms with van der Waals surface area (Å²) in [6.07, 6.45) is 2.24. The number of aromatic nitrogens is 1. The van der Waals surface area contributed by atoms with Crippen LogP contribution < -0.4 is 5.32 Å². The third-order valence-corrected chi connectivity index (χ3v) is 6.25. The number of rotatable bonds is 9. The van der Waals surface area contributed by atoms with E-state index in [2.05, 4.69) is 22.9 Å². The van der Waals surface area contributed by atoms with E-state index in [1.165, 1.54) is 0 Å². The standard InChI is InChI=1S/C23H20Cl2N2O2S/c1-16(23(28)27-21-11-4-5-13-26-21)29-14-12-17-7-2-3-8-18(17)15-30-22-19(24)9-6-10-20(22)25/h2-11,13H,1,12,14-15H2,(H,26,27,28). The molecule has 0 aliphatic rings. The number of ether oxygens (including phenoxy) is 1. The lowest BCUT2D eigenvalue weighted by molar-refractivity contribution is -0.116. The van der Waals surface area contributed by atoms with E-state index in [-0.39, 0.29) is 5.76 Å². The molecule has 0 atom stereocenters. The Hall–Kier alpha value is -2.47. The molecule has 0 unspecified atom stereocenters. The summed E-state index contributed by atoms with van der Waals surface area (Å²) < 4.78 is 5.55. The van der Waals surface area contributed by atoms with Crippen molar-refractivity contribution in [2.24, 2.45) is 0 Å². The Bertz CT molecular complexity index is 1010. The zero-order valence-corrected chi connectivity index (χ0v) is 18.4. The SMILES string of the molecule is C=C(OCCc1ccccc1CSc1c(Cl)cccc1Cl)C(=O)Nc1ccccn1. The first kappa shape index (κ1) is 22.2. The first-order valence-electron chi connectivity index (χ1n) is 9.22. The number of carbonyl (C=O) groups excluding carboxylic acids is 1. The van der Waals surface area contributed by atoms with Crippen LogP contribution in [0.15, 0.2) is 84.1 Å². The van der Waals surface area contributed by atoms with Gasteiger partial charge in [-0.1, -0.05) is 66.2 Å². The number of amides is 1. The van der Waals surface area contributed by atoms with E-state index in [0.717, 1.165) is 21.8 Å². The summed E-state index contributed by atoms with van der Waals surface area (Å²) in [7, 11) is 0. The molecule has 1 amide bonds. The molecule has 0 radical (unpaired) electrons. The lowest BCUT2D eigenvalue weighted by Crippen LogP contribution is -2.17. The van der Waals surface area contributed by atoms with Crippen molar-refractivity contribution in [2.45, 2.75) is 17.1 Å².